The molecule has 0 bridgehead atoms. The number of aliphatic carboxylic acids is 1. The maximum atomic E-state index is 12.7. The van der Waals surface area contributed by atoms with E-state index in [2.05, 4.69) is 30.6 Å². The predicted molar refractivity (Wildman–Crippen MR) is 208 cm³/mol. The summed E-state index contributed by atoms with van der Waals surface area (Å²) in [5.74, 6) is -2.52. The molecule has 2 heterocycles. The van der Waals surface area contributed by atoms with Crippen LogP contribution in [-0.4, -0.2) is 62.0 Å². The molecule has 5 rings (SSSR count). The van der Waals surface area contributed by atoms with E-state index >= 15 is 0 Å². The summed E-state index contributed by atoms with van der Waals surface area (Å²) in [6, 6.07) is 19.6. The Kier molecular flexibility index (Phi) is 15.9. The number of primary amides is 1. The molecule has 0 aliphatic carbocycles. The lowest BCUT2D eigenvalue weighted by Gasteiger charge is -2.16. The van der Waals surface area contributed by atoms with Crippen molar-refractivity contribution in [2.24, 2.45) is 5.73 Å². The van der Waals surface area contributed by atoms with Crippen LogP contribution in [0.2, 0.25) is 0 Å². The number of esters is 1. The van der Waals surface area contributed by atoms with Gasteiger partial charge in [-0.15, -0.1) is 0 Å². The third-order valence-electron chi connectivity index (χ3n) is 7.43. The van der Waals surface area contributed by atoms with Crippen molar-refractivity contribution >= 4 is 60.1 Å². The van der Waals surface area contributed by atoms with Crippen molar-refractivity contribution in [3.63, 3.8) is 0 Å². The number of hydrogen-bond donors (Lipinski definition) is 6. The third kappa shape index (κ3) is 13.6. The zero-order valence-electron chi connectivity index (χ0n) is 30.9. The quantitative estimate of drug-likeness (QED) is 0.0394. The molecule has 20 heteroatoms. The average molecular weight is 805 g/mol. The molecule has 19 nitrogen and oxygen atoms in total. The number of carboxylic acids is 1. The first kappa shape index (κ1) is 43.2. The van der Waals surface area contributed by atoms with E-state index in [4.69, 9.17) is 34.9 Å². The predicted octanol–water partition coefficient (Wildman–Crippen LogP) is 4.80. The monoisotopic (exact) mass is 804 g/mol. The summed E-state index contributed by atoms with van der Waals surface area (Å²) in [4.78, 5) is 72.7. The SMILES string of the molecule is CCOP(=O)(OCC)OCc1ccc(NC(=O)c2ccccc2OC(=O)CCCC(=O)O)cc1.NC(=O)c1ccc(NCc2cnc3nc(N)[nH]c(=O)c3n2)cc1. The van der Waals surface area contributed by atoms with Gasteiger partial charge in [0.25, 0.3) is 11.5 Å². The number of carboxylic acid groups (broad SMARTS) is 1. The highest BCUT2D eigenvalue weighted by Crippen LogP contribution is 2.49. The number of aromatic amines is 1. The number of nitrogens with zero attached hydrogens (tertiary/aromatic N) is 3. The number of anilines is 3. The number of nitrogens with one attached hydrogen (secondary N) is 3. The molecule has 0 radical (unpaired) electrons. The molecule has 300 valence electrons. The fourth-order valence-electron chi connectivity index (χ4n) is 4.77. The zero-order chi connectivity index (χ0) is 41.4. The van der Waals surface area contributed by atoms with Gasteiger partial charge < -0.3 is 31.9 Å². The smallest absolute Gasteiger partial charge is 0.475 e. The molecule has 3 aromatic carbocycles. The van der Waals surface area contributed by atoms with Crippen LogP contribution >= 0.6 is 7.82 Å². The number of phosphoric acid groups is 1. The van der Waals surface area contributed by atoms with Gasteiger partial charge in [-0.05, 0) is 74.4 Å². The van der Waals surface area contributed by atoms with Crippen molar-refractivity contribution in [1.29, 1.82) is 0 Å². The number of carbonyl (C=O) groups is 4. The van der Waals surface area contributed by atoms with Gasteiger partial charge in [-0.2, -0.15) is 4.98 Å². The molecule has 0 saturated carbocycles. The second kappa shape index (κ2) is 21.0. The van der Waals surface area contributed by atoms with Crippen LogP contribution in [0.3, 0.4) is 0 Å². The van der Waals surface area contributed by atoms with Crippen LogP contribution in [0.25, 0.3) is 11.2 Å². The van der Waals surface area contributed by atoms with Crippen molar-refractivity contribution in [2.75, 3.05) is 29.6 Å². The van der Waals surface area contributed by atoms with Crippen LogP contribution in [0.4, 0.5) is 17.3 Å². The van der Waals surface area contributed by atoms with Gasteiger partial charge in [0, 0.05) is 29.8 Å². The first-order valence-electron chi connectivity index (χ1n) is 17.4. The minimum atomic E-state index is -3.63. The lowest BCUT2D eigenvalue weighted by atomic mass is 10.1. The van der Waals surface area contributed by atoms with E-state index in [1.807, 2.05) is 0 Å². The van der Waals surface area contributed by atoms with E-state index in [1.54, 1.807) is 74.5 Å². The summed E-state index contributed by atoms with van der Waals surface area (Å²) in [5.41, 5.74) is 13.6. The number of aromatic nitrogens is 4. The molecule has 2 aromatic heterocycles. The highest BCUT2D eigenvalue weighted by molar-refractivity contribution is 7.48. The highest BCUT2D eigenvalue weighted by Gasteiger charge is 2.25. The highest BCUT2D eigenvalue weighted by atomic mass is 31.2. The number of amides is 2. The van der Waals surface area contributed by atoms with E-state index in [0.717, 1.165) is 5.69 Å². The van der Waals surface area contributed by atoms with Gasteiger partial charge in [0.15, 0.2) is 11.2 Å². The fraction of sp³-hybridized carbons (Fsp3) is 0.243. The fourth-order valence-corrected chi connectivity index (χ4v) is 5.93. The Bertz CT molecular complexity index is 2280. The number of rotatable bonds is 18. The molecule has 2 amide bonds. The molecular formula is C37H41N8O11P. The number of nitrogens with two attached hydrogens (primary N) is 2. The molecular weight excluding hydrogens is 763 g/mol. The van der Waals surface area contributed by atoms with Gasteiger partial charge in [-0.1, -0.05) is 24.3 Å². The van der Waals surface area contributed by atoms with E-state index in [0.29, 0.717) is 29.1 Å². The Morgan fingerprint density at radius 1 is 0.877 bits per heavy atom. The number of benzene rings is 3. The Morgan fingerprint density at radius 2 is 1.54 bits per heavy atom. The Labute approximate surface area is 325 Å². The number of hydrogen-bond acceptors (Lipinski definition) is 15. The number of fused-ring (bicyclic) bond motifs is 1. The van der Waals surface area contributed by atoms with E-state index in [-0.39, 0.29) is 67.5 Å². The Morgan fingerprint density at radius 3 is 2.19 bits per heavy atom. The largest absolute Gasteiger partial charge is 0.481 e. The van der Waals surface area contributed by atoms with Gasteiger partial charge >= 0.3 is 19.8 Å². The Balaban J connectivity index is 0.000000271. The lowest BCUT2D eigenvalue weighted by molar-refractivity contribution is -0.137. The van der Waals surface area contributed by atoms with Crippen molar-refractivity contribution in [3.05, 3.63) is 112 Å². The first-order valence-corrected chi connectivity index (χ1v) is 18.9. The standard InChI is InChI=1S/C23H28NO9P.C14H13N7O2/c1-3-30-34(29,31-4-2)32-16-17-12-14-18(15-13-17)24-23(28)19-8-5-6-9-20(19)33-22(27)11-7-10-21(25)26;15-11(22)7-1-3-8(4-2-7)17-5-9-6-18-12-10(19-9)13(23)21-14(16)20-12/h5-6,8-9,12-15H,3-4,7,10-11,16H2,1-2H3,(H,24,28)(H,25,26);1-4,6,17H,5H2,(H2,15,22)(H3,16,18,20,21,23). The molecule has 5 aromatic rings. The molecule has 57 heavy (non-hydrogen) atoms. The summed E-state index contributed by atoms with van der Waals surface area (Å²) < 4.78 is 33.1. The normalized spacial score (nSPS) is 10.9. The van der Waals surface area contributed by atoms with Crippen molar-refractivity contribution in [2.45, 2.75) is 46.3 Å². The van der Waals surface area contributed by atoms with E-state index in [1.165, 1.54) is 18.3 Å². The van der Waals surface area contributed by atoms with E-state index in [9.17, 15) is 28.5 Å². The second-order valence-corrected chi connectivity index (χ2v) is 13.4. The molecule has 0 aliphatic heterocycles. The molecule has 0 fully saturated rings. The van der Waals surface area contributed by atoms with Crippen molar-refractivity contribution in [3.8, 4) is 5.75 Å². The molecule has 0 saturated heterocycles. The van der Waals surface area contributed by atoms with Gasteiger partial charge in [-0.3, -0.25) is 42.5 Å². The van der Waals surface area contributed by atoms with Gasteiger partial charge in [-0.25, -0.2) is 14.5 Å². The Hall–Kier alpha value is -6.53. The number of H-pyrrole nitrogens is 1. The maximum absolute atomic E-state index is 12.7. The molecule has 8 N–H and O–H groups in total. The molecule has 0 spiro atoms. The van der Waals surface area contributed by atoms with E-state index < -0.39 is 37.1 Å². The van der Waals surface area contributed by atoms with Crippen LogP contribution < -0.4 is 32.4 Å². The number of nitrogen functional groups attached to an aromatic ring is 1. The number of carbonyl (C=O) groups excluding carboxylic acids is 3. The summed E-state index contributed by atoms with van der Waals surface area (Å²) in [5, 5.41) is 14.5. The van der Waals surface area contributed by atoms with Crippen LogP contribution in [-0.2, 0) is 40.9 Å². The summed E-state index contributed by atoms with van der Waals surface area (Å²) in [6.45, 7) is 4.08. The van der Waals surface area contributed by atoms with Crippen molar-refractivity contribution < 1.29 is 47.2 Å². The van der Waals surface area contributed by atoms with Gasteiger partial charge in [0.1, 0.15) is 5.75 Å². The third-order valence-corrected chi connectivity index (χ3v) is 9.03. The molecule has 0 aliphatic rings. The topological polar surface area (TPSA) is 290 Å². The number of phosphoric ester groups is 1. The van der Waals surface area contributed by atoms with Gasteiger partial charge in [0.05, 0.1) is 43.8 Å². The number of para-hydroxylation sites is 1. The zero-order valence-corrected chi connectivity index (χ0v) is 31.8. The second-order valence-electron chi connectivity index (χ2n) is 11.7. The van der Waals surface area contributed by atoms with Crippen LogP contribution in [0.5, 0.6) is 5.75 Å². The summed E-state index contributed by atoms with van der Waals surface area (Å²) in [6.07, 6.45) is 1.43. The summed E-state index contributed by atoms with van der Waals surface area (Å²) >= 11 is 0. The van der Waals surface area contributed by atoms with Crippen LogP contribution in [0.15, 0.2) is 83.8 Å². The van der Waals surface area contributed by atoms with Crippen molar-refractivity contribution in [1.82, 2.24) is 19.9 Å². The minimum absolute atomic E-state index is 0.00258. The number of ether oxygens (including phenoxy) is 1. The first-order chi connectivity index (χ1) is 27.3. The maximum Gasteiger partial charge on any atom is 0.475 e. The lowest BCUT2D eigenvalue weighted by Crippen LogP contribution is -2.16. The van der Waals surface area contributed by atoms with Crippen LogP contribution in [0.1, 0.15) is 65.1 Å². The van der Waals surface area contributed by atoms with Crippen LogP contribution in [0, 0.1) is 0 Å². The summed E-state index contributed by atoms with van der Waals surface area (Å²) in [7, 11) is -3.63. The minimum Gasteiger partial charge on any atom is -0.481 e. The molecule has 0 atom stereocenters. The average Bonchev–Trinajstić information content (AvgIpc) is 3.17. The molecule has 0 unspecified atom stereocenters. The van der Waals surface area contributed by atoms with Gasteiger partial charge in [0.2, 0.25) is 11.9 Å².